The number of hydrogen-bond acceptors (Lipinski definition) is 1. The first-order valence-corrected chi connectivity index (χ1v) is 9.06. The molecule has 1 aromatic rings. The van der Waals surface area contributed by atoms with Crippen molar-refractivity contribution >= 4 is 22.9 Å². The van der Waals surface area contributed by atoms with E-state index >= 15 is 0 Å². The van der Waals surface area contributed by atoms with E-state index in [2.05, 4.69) is 33.8 Å². The smallest absolute Gasteiger partial charge is 0.0931 e. The van der Waals surface area contributed by atoms with Crippen LogP contribution in [0.25, 0.3) is 0 Å². The largest absolute Gasteiger partial charge is 0.128 e. The maximum Gasteiger partial charge on any atom is 0.0931 e. The molecule has 0 aliphatic heterocycles. The van der Waals surface area contributed by atoms with Crippen LogP contribution in [0, 0.1) is 0 Å². The van der Waals surface area contributed by atoms with E-state index in [1.165, 1.54) is 56.2 Å². The molecule has 112 valence electrons. The standard InChI is InChI=1S/C10H22.C7H9ClS/c1-3-5-7-9-10-8-6-4-2;1-5(2)6-3-4-7(8)9-6/h3-10H2,1-2H3;3-5H,1-2H3. The third-order valence-corrected chi connectivity index (χ3v) is 4.65. The summed E-state index contributed by atoms with van der Waals surface area (Å²) >= 11 is 7.38. The van der Waals surface area contributed by atoms with Crippen LogP contribution >= 0.6 is 22.9 Å². The molecular formula is C17H31ClS. The molecule has 1 aromatic heterocycles. The lowest BCUT2D eigenvalue weighted by atomic mass is 10.1. The lowest BCUT2D eigenvalue weighted by Crippen LogP contribution is -1.77. The van der Waals surface area contributed by atoms with Crippen molar-refractivity contribution in [3.63, 3.8) is 0 Å². The Morgan fingerprint density at radius 1 is 0.895 bits per heavy atom. The first kappa shape index (κ1) is 19.0. The van der Waals surface area contributed by atoms with Gasteiger partial charge in [-0.3, -0.25) is 0 Å². The lowest BCUT2D eigenvalue weighted by molar-refractivity contribution is 0.585. The second-order valence-corrected chi connectivity index (χ2v) is 7.16. The molecule has 0 N–H and O–H groups in total. The molecule has 0 saturated heterocycles. The Morgan fingerprint density at radius 2 is 1.37 bits per heavy atom. The maximum atomic E-state index is 5.72. The van der Waals surface area contributed by atoms with Gasteiger partial charge >= 0.3 is 0 Å². The van der Waals surface area contributed by atoms with Crippen LogP contribution in [-0.4, -0.2) is 0 Å². The average Bonchev–Trinajstić information content (AvgIpc) is 2.81. The van der Waals surface area contributed by atoms with Gasteiger partial charge in [-0.25, -0.2) is 0 Å². The molecule has 0 unspecified atom stereocenters. The molecule has 0 aliphatic carbocycles. The first-order chi connectivity index (χ1) is 9.11. The molecule has 0 atom stereocenters. The van der Waals surface area contributed by atoms with E-state index in [1.807, 2.05) is 6.07 Å². The molecule has 0 bridgehead atoms. The van der Waals surface area contributed by atoms with Gasteiger partial charge in [-0.15, -0.1) is 11.3 Å². The Labute approximate surface area is 129 Å². The summed E-state index contributed by atoms with van der Waals surface area (Å²) in [6.07, 6.45) is 11.5. The maximum absolute atomic E-state index is 5.72. The normalized spacial score (nSPS) is 10.4. The third-order valence-electron chi connectivity index (χ3n) is 3.12. The van der Waals surface area contributed by atoms with Crippen LogP contribution in [0.3, 0.4) is 0 Å². The van der Waals surface area contributed by atoms with Crippen molar-refractivity contribution in [2.75, 3.05) is 0 Å². The van der Waals surface area contributed by atoms with E-state index in [0.717, 1.165) is 4.34 Å². The van der Waals surface area contributed by atoms with E-state index in [-0.39, 0.29) is 0 Å². The minimum absolute atomic E-state index is 0.613. The summed E-state index contributed by atoms with van der Waals surface area (Å²) in [5, 5.41) is 0. The molecule has 2 heteroatoms. The van der Waals surface area contributed by atoms with E-state index < -0.39 is 0 Å². The topological polar surface area (TPSA) is 0 Å². The third kappa shape index (κ3) is 11.5. The van der Waals surface area contributed by atoms with Gasteiger partial charge in [0.2, 0.25) is 0 Å². The molecule has 0 amide bonds. The quantitative estimate of drug-likeness (QED) is 0.432. The van der Waals surface area contributed by atoms with Crippen molar-refractivity contribution in [1.82, 2.24) is 0 Å². The first-order valence-electron chi connectivity index (χ1n) is 7.87. The van der Waals surface area contributed by atoms with E-state index in [0.29, 0.717) is 5.92 Å². The van der Waals surface area contributed by atoms with Crippen LogP contribution in [0.15, 0.2) is 12.1 Å². The monoisotopic (exact) mass is 302 g/mol. The van der Waals surface area contributed by atoms with Crippen molar-refractivity contribution in [3.8, 4) is 0 Å². The highest BCUT2D eigenvalue weighted by molar-refractivity contribution is 7.16. The highest BCUT2D eigenvalue weighted by Gasteiger charge is 2.00. The lowest BCUT2D eigenvalue weighted by Gasteiger charge is -1.97. The predicted molar refractivity (Wildman–Crippen MR) is 91.7 cm³/mol. The second kappa shape index (κ2) is 13.0. The Balaban J connectivity index is 0.000000342. The van der Waals surface area contributed by atoms with Gasteiger partial charge in [0.15, 0.2) is 0 Å². The molecule has 1 heterocycles. The van der Waals surface area contributed by atoms with Crippen molar-refractivity contribution in [3.05, 3.63) is 21.3 Å². The van der Waals surface area contributed by atoms with Gasteiger partial charge in [0.05, 0.1) is 4.34 Å². The van der Waals surface area contributed by atoms with Gasteiger partial charge < -0.3 is 0 Å². The highest BCUT2D eigenvalue weighted by atomic mass is 35.5. The Morgan fingerprint density at radius 3 is 1.63 bits per heavy atom. The molecule has 0 fully saturated rings. The fourth-order valence-electron chi connectivity index (χ4n) is 1.85. The average molecular weight is 303 g/mol. The molecule has 19 heavy (non-hydrogen) atoms. The van der Waals surface area contributed by atoms with E-state index in [1.54, 1.807) is 11.3 Å². The Hall–Kier alpha value is -0.0100. The van der Waals surface area contributed by atoms with Gasteiger partial charge in [-0.2, -0.15) is 0 Å². The van der Waals surface area contributed by atoms with Gasteiger partial charge in [0.1, 0.15) is 0 Å². The number of hydrogen-bond donors (Lipinski definition) is 0. The van der Waals surface area contributed by atoms with Gasteiger partial charge in [-0.1, -0.05) is 90.7 Å². The molecule has 0 aromatic carbocycles. The Kier molecular flexibility index (Phi) is 13.0. The van der Waals surface area contributed by atoms with Crippen LogP contribution < -0.4 is 0 Å². The van der Waals surface area contributed by atoms with Crippen molar-refractivity contribution < 1.29 is 0 Å². The van der Waals surface area contributed by atoms with Crippen molar-refractivity contribution in [2.45, 2.75) is 85.0 Å². The van der Waals surface area contributed by atoms with Gasteiger partial charge in [0.25, 0.3) is 0 Å². The molecule has 0 aliphatic rings. The minimum Gasteiger partial charge on any atom is -0.128 e. The SMILES string of the molecule is CC(C)c1ccc(Cl)s1.CCCCCCCCCC. The molecule has 0 saturated carbocycles. The zero-order chi connectivity index (χ0) is 14.5. The summed E-state index contributed by atoms with van der Waals surface area (Å²) < 4.78 is 0.888. The summed E-state index contributed by atoms with van der Waals surface area (Å²) in [6.45, 7) is 8.88. The second-order valence-electron chi connectivity index (χ2n) is 5.42. The van der Waals surface area contributed by atoms with Crippen LogP contribution in [-0.2, 0) is 0 Å². The van der Waals surface area contributed by atoms with E-state index in [4.69, 9.17) is 11.6 Å². The fraction of sp³-hybridized carbons (Fsp3) is 0.765. The molecule has 0 radical (unpaired) electrons. The summed E-state index contributed by atoms with van der Waals surface area (Å²) in [5.74, 6) is 0.613. The van der Waals surface area contributed by atoms with E-state index in [9.17, 15) is 0 Å². The van der Waals surface area contributed by atoms with Crippen molar-refractivity contribution in [1.29, 1.82) is 0 Å². The summed E-state index contributed by atoms with van der Waals surface area (Å²) in [6, 6.07) is 4.03. The van der Waals surface area contributed by atoms with Crippen LogP contribution in [0.5, 0.6) is 0 Å². The fourth-order valence-corrected chi connectivity index (χ4v) is 2.91. The number of halogens is 1. The number of rotatable bonds is 8. The van der Waals surface area contributed by atoms with Crippen LogP contribution in [0.1, 0.15) is 89.9 Å². The molecule has 1 rings (SSSR count). The summed E-state index contributed by atoms with van der Waals surface area (Å²) in [7, 11) is 0. The van der Waals surface area contributed by atoms with Gasteiger partial charge in [0, 0.05) is 4.88 Å². The molecule has 0 spiro atoms. The van der Waals surface area contributed by atoms with Gasteiger partial charge in [-0.05, 0) is 18.1 Å². The van der Waals surface area contributed by atoms with Crippen LogP contribution in [0.2, 0.25) is 4.34 Å². The molecular weight excluding hydrogens is 272 g/mol. The zero-order valence-corrected chi connectivity index (χ0v) is 14.7. The van der Waals surface area contributed by atoms with Crippen LogP contribution in [0.4, 0.5) is 0 Å². The summed E-state index contributed by atoms with van der Waals surface area (Å²) in [4.78, 5) is 1.36. The minimum atomic E-state index is 0.613. The molecule has 0 nitrogen and oxygen atoms in total. The Bertz CT molecular complexity index is 283. The highest BCUT2D eigenvalue weighted by Crippen LogP contribution is 2.27. The number of thiophene rings is 1. The number of unbranched alkanes of at least 4 members (excludes halogenated alkanes) is 7. The zero-order valence-electron chi connectivity index (χ0n) is 13.2. The van der Waals surface area contributed by atoms with Crippen molar-refractivity contribution in [2.24, 2.45) is 0 Å². The predicted octanol–water partition coefficient (Wildman–Crippen LogP) is 7.67. The summed E-state index contributed by atoms with van der Waals surface area (Å²) in [5.41, 5.74) is 0.